The van der Waals surface area contributed by atoms with Crippen LogP contribution in [-0.2, 0) is 6.42 Å². The third-order valence-corrected chi connectivity index (χ3v) is 5.09. The van der Waals surface area contributed by atoms with Crippen LogP contribution in [0.5, 0.6) is 5.88 Å². The number of amides is 1. The third-order valence-electron chi connectivity index (χ3n) is 4.80. The Hall–Kier alpha value is -2.68. The molecule has 1 aliphatic carbocycles. The molecule has 152 valence electrons. The van der Waals surface area contributed by atoms with Crippen molar-refractivity contribution in [3.63, 3.8) is 0 Å². The Bertz CT molecular complexity index is 994. The number of aryl methyl sites for hydroxylation is 1. The second-order valence-electron chi connectivity index (χ2n) is 6.72. The van der Waals surface area contributed by atoms with Gasteiger partial charge in [0.2, 0.25) is 5.88 Å². The van der Waals surface area contributed by atoms with Gasteiger partial charge < -0.3 is 9.64 Å². The van der Waals surface area contributed by atoms with Crippen molar-refractivity contribution in [2.75, 3.05) is 24.6 Å². The lowest BCUT2D eigenvalue weighted by Gasteiger charge is -2.24. The molecule has 29 heavy (non-hydrogen) atoms. The number of aromatic nitrogens is 2. The maximum atomic E-state index is 13.0. The van der Waals surface area contributed by atoms with Crippen molar-refractivity contribution in [3.05, 3.63) is 46.4 Å². The largest absolute Gasteiger partial charge is 0.475 e. The summed E-state index contributed by atoms with van der Waals surface area (Å²) in [6.45, 7) is -0.693. The zero-order chi connectivity index (χ0) is 20.6. The molecule has 0 unspecified atom stereocenters. The number of fused-ring (bicyclic) bond motifs is 2. The van der Waals surface area contributed by atoms with Crippen LogP contribution in [0.2, 0.25) is 5.15 Å². The average Bonchev–Trinajstić information content (AvgIpc) is 2.85. The maximum absolute atomic E-state index is 13.0. The smallest absolute Gasteiger partial charge is 0.407 e. The number of rotatable bonds is 2. The van der Waals surface area contributed by atoms with E-state index in [-0.39, 0.29) is 35.7 Å². The van der Waals surface area contributed by atoms with Gasteiger partial charge in [-0.3, -0.25) is 9.79 Å². The Balaban J connectivity index is 1.67. The fraction of sp³-hybridized carbons (Fsp3) is 0.368. The van der Waals surface area contributed by atoms with E-state index in [1.54, 1.807) is 12.1 Å². The Kier molecular flexibility index (Phi) is 5.16. The summed E-state index contributed by atoms with van der Waals surface area (Å²) in [6, 6.07) is 5.24. The van der Waals surface area contributed by atoms with Gasteiger partial charge in [0.15, 0.2) is 0 Å². The number of hydrogen-bond donors (Lipinski definition) is 0. The highest BCUT2D eigenvalue weighted by atomic mass is 35.5. The lowest BCUT2D eigenvalue weighted by atomic mass is 9.89. The zero-order valence-corrected chi connectivity index (χ0v) is 15.9. The number of ether oxygens (including phenoxy) is 1. The second-order valence-corrected chi connectivity index (χ2v) is 7.08. The monoisotopic (exact) mass is 424 g/mol. The molecule has 4 rings (SSSR count). The first-order chi connectivity index (χ1) is 13.8. The van der Waals surface area contributed by atoms with Gasteiger partial charge in [-0.05, 0) is 42.5 Å². The minimum absolute atomic E-state index is 0.00595. The van der Waals surface area contributed by atoms with Crippen molar-refractivity contribution in [2.24, 2.45) is 4.99 Å². The highest BCUT2D eigenvalue weighted by Gasteiger charge is 2.30. The molecule has 2 heterocycles. The number of benzene rings is 1. The first-order valence-corrected chi connectivity index (χ1v) is 9.40. The van der Waals surface area contributed by atoms with Gasteiger partial charge in [-0.15, -0.1) is 0 Å². The molecule has 0 atom stereocenters. The third kappa shape index (κ3) is 4.05. The first kappa shape index (κ1) is 19.6. The molecule has 2 aromatic rings. The van der Waals surface area contributed by atoms with Crippen LogP contribution in [0, 0.1) is 0 Å². The summed E-state index contributed by atoms with van der Waals surface area (Å²) in [5, 5.41) is 0.00595. The van der Waals surface area contributed by atoms with E-state index < -0.39 is 12.7 Å². The molecule has 0 bridgehead atoms. The topological polar surface area (TPSA) is 67.7 Å². The number of nitrogens with zero attached hydrogens (tertiary/aromatic N) is 4. The molecule has 1 amide bonds. The highest BCUT2D eigenvalue weighted by Crippen LogP contribution is 2.31. The Labute approximate surface area is 169 Å². The number of halogens is 4. The zero-order valence-electron chi connectivity index (χ0n) is 15.2. The van der Waals surface area contributed by atoms with Crippen molar-refractivity contribution in [1.29, 1.82) is 0 Å². The summed E-state index contributed by atoms with van der Waals surface area (Å²) >= 11 is 6.08. The molecule has 1 aromatic heterocycles. The lowest BCUT2D eigenvalue weighted by Crippen LogP contribution is -2.32. The van der Waals surface area contributed by atoms with Crippen molar-refractivity contribution in [2.45, 2.75) is 25.4 Å². The summed E-state index contributed by atoms with van der Waals surface area (Å²) in [5.41, 5.74) is 2.72. The molecule has 0 saturated carbocycles. The van der Waals surface area contributed by atoms with Crippen molar-refractivity contribution < 1.29 is 22.7 Å². The van der Waals surface area contributed by atoms with Gasteiger partial charge in [-0.25, -0.2) is 9.97 Å². The number of carbonyl (C=O) groups is 1. The normalized spacial score (nSPS) is 18.1. The second kappa shape index (κ2) is 7.62. The molecule has 1 aromatic carbocycles. The molecule has 0 spiro atoms. The number of hydrogen-bond acceptors (Lipinski definition) is 5. The lowest BCUT2D eigenvalue weighted by molar-refractivity contribution is -0.118. The number of carbonyl (C=O) groups excluding carboxylic acids is 1. The van der Waals surface area contributed by atoms with Gasteiger partial charge in [0, 0.05) is 11.4 Å². The van der Waals surface area contributed by atoms with Crippen LogP contribution in [0.15, 0.2) is 29.5 Å². The molecular weight excluding hydrogens is 409 g/mol. The van der Waals surface area contributed by atoms with E-state index in [4.69, 9.17) is 16.3 Å². The van der Waals surface area contributed by atoms with Gasteiger partial charge >= 0.3 is 6.18 Å². The highest BCUT2D eigenvalue weighted by molar-refractivity contribution is 6.33. The van der Waals surface area contributed by atoms with E-state index in [0.29, 0.717) is 36.2 Å². The van der Waals surface area contributed by atoms with Crippen molar-refractivity contribution >= 4 is 28.9 Å². The molecule has 0 radical (unpaired) electrons. The van der Waals surface area contributed by atoms with E-state index in [2.05, 4.69) is 15.0 Å². The minimum atomic E-state index is -4.34. The van der Waals surface area contributed by atoms with Gasteiger partial charge in [-0.1, -0.05) is 17.7 Å². The Morgan fingerprint density at radius 2 is 2.07 bits per heavy atom. The molecule has 10 heteroatoms. The first-order valence-electron chi connectivity index (χ1n) is 9.02. The molecule has 6 nitrogen and oxygen atoms in total. The Morgan fingerprint density at radius 3 is 2.86 bits per heavy atom. The van der Waals surface area contributed by atoms with Crippen LogP contribution < -0.4 is 9.64 Å². The van der Waals surface area contributed by atoms with E-state index in [9.17, 15) is 18.0 Å². The summed E-state index contributed by atoms with van der Waals surface area (Å²) in [7, 11) is 0. The maximum Gasteiger partial charge on any atom is 0.407 e. The number of anilines is 1. The van der Waals surface area contributed by atoms with Crippen LogP contribution in [0.1, 0.15) is 34.3 Å². The SMILES string of the molecule is O=C1c2c(Cl)ncnc2OCCN1c1ccc2c(c1)CCCC2=NCC(F)(F)F. The molecule has 0 saturated heterocycles. The summed E-state index contributed by atoms with van der Waals surface area (Å²) < 4.78 is 43.2. The predicted octanol–water partition coefficient (Wildman–Crippen LogP) is 3.86. The fourth-order valence-electron chi connectivity index (χ4n) is 3.52. The van der Waals surface area contributed by atoms with Gasteiger partial charge in [0.1, 0.15) is 30.2 Å². The number of aliphatic imine (C=N–C) groups is 1. The van der Waals surface area contributed by atoms with Crippen molar-refractivity contribution in [1.82, 2.24) is 9.97 Å². The summed E-state index contributed by atoms with van der Waals surface area (Å²) in [4.78, 5) is 26.1. The number of alkyl halides is 3. The quantitative estimate of drug-likeness (QED) is 0.687. The van der Waals surface area contributed by atoms with E-state index in [1.165, 1.54) is 11.2 Å². The predicted molar refractivity (Wildman–Crippen MR) is 101 cm³/mol. The van der Waals surface area contributed by atoms with Gasteiger partial charge in [0.05, 0.1) is 6.54 Å². The fourth-order valence-corrected chi connectivity index (χ4v) is 3.73. The van der Waals surface area contributed by atoms with Crippen LogP contribution in [0.25, 0.3) is 0 Å². The minimum Gasteiger partial charge on any atom is -0.475 e. The van der Waals surface area contributed by atoms with Crippen LogP contribution >= 0.6 is 11.6 Å². The average molecular weight is 425 g/mol. The van der Waals surface area contributed by atoms with Gasteiger partial charge in [0.25, 0.3) is 5.91 Å². The van der Waals surface area contributed by atoms with Gasteiger partial charge in [-0.2, -0.15) is 13.2 Å². The molecule has 0 fully saturated rings. The van der Waals surface area contributed by atoms with Crippen LogP contribution in [0.4, 0.5) is 18.9 Å². The van der Waals surface area contributed by atoms with Crippen LogP contribution in [-0.4, -0.2) is 47.5 Å². The van der Waals surface area contributed by atoms with Crippen LogP contribution in [0.3, 0.4) is 0 Å². The van der Waals surface area contributed by atoms with E-state index in [0.717, 1.165) is 5.56 Å². The van der Waals surface area contributed by atoms with E-state index >= 15 is 0 Å². The molecular formula is C19H16ClF3N4O2. The summed E-state index contributed by atoms with van der Waals surface area (Å²) in [6.07, 6.45) is -1.21. The van der Waals surface area contributed by atoms with Crippen molar-refractivity contribution in [3.8, 4) is 5.88 Å². The molecule has 2 aliphatic rings. The summed E-state index contributed by atoms with van der Waals surface area (Å²) in [5.74, 6) is -0.248. The standard InChI is InChI=1S/C19H16ClF3N4O2/c20-16-15-17(26-10-25-16)29-7-6-27(18(15)28)12-4-5-13-11(8-12)2-1-3-14(13)24-9-19(21,22)23/h4-5,8,10H,1-3,6-7,9H2. The van der Waals surface area contributed by atoms with E-state index in [1.807, 2.05) is 6.07 Å². The molecule has 1 aliphatic heterocycles. The Morgan fingerprint density at radius 1 is 1.24 bits per heavy atom. The molecule has 0 N–H and O–H groups in total.